The van der Waals surface area contributed by atoms with Crippen molar-refractivity contribution >= 4 is 41.5 Å². The molecule has 1 aromatic carbocycles. The van der Waals surface area contributed by atoms with E-state index in [4.69, 9.17) is 11.6 Å². The van der Waals surface area contributed by atoms with Crippen LogP contribution < -0.4 is 10.6 Å². The first-order valence-corrected chi connectivity index (χ1v) is 7.43. The van der Waals surface area contributed by atoms with Crippen molar-refractivity contribution in [3.05, 3.63) is 58.9 Å². The Labute approximate surface area is 154 Å². The average molecular weight is 433 g/mol. The van der Waals surface area contributed by atoms with Crippen molar-refractivity contribution in [2.75, 3.05) is 6.54 Å². The van der Waals surface area contributed by atoms with Gasteiger partial charge in [-0.25, -0.2) is 4.99 Å². The quantitative estimate of drug-likeness (QED) is 0.431. The highest BCUT2D eigenvalue weighted by atomic mass is 127. The fourth-order valence-electron chi connectivity index (χ4n) is 1.99. The first-order chi connectivity index (χ1) is 10.2. The number of aliphatic imine (C=N–C) groups is 1. The summed E-state index contributed by atoms with van der Waals surface area (Å²) in [6.45, 7) is 4.18. The number of rotatable bonds is 5. The van der Waals surface area contributed by atoms with Crippen LogP contribution in [0.15, 0.2) is 47.7 Å². The lowest BCUT2D eigenvalue weighted by Gasteiger charge is -2.12. The third-order valence-electron chi connectivity index (χ3n) is 3.06. The van der Waals surface area contributed by atoms with E-state index in [-0.39, 0.29) is 24.0 Å². The summed E-state index contributed by atoms with van der Waals surface area (Å²) in [6, 6.07) is 9.89. The molecule has 22 heavy (non-hydrogen) atoms. The van der Waals surface area contributed by atoms with Crippen LogP contribution in [0.4, 0.5) is 0 Å². The van der Waals surface area contributed by atoms with Gasteiger partial charge in [0.25, 0.3) is 0 Å². The molecule has 2 rings (SSSR count). The van der Waals surface area contributed by atoms with E-state index in [0.717, 1.165) is 23.1 Å². The Kier molecular flexibility index (Phi) is 8.34. The summed E-state index contributed by atoms with van der Waals surface area (Å²) in [6.07, 6.45) is 4.09. The molecule has 0 saturated carbocycles. The van der Waals surface area contributed by atoms with Gasteiger partial charge in [0.1, 0.15) is 0 Å². The Morgan fingerprint density at radius 2 is 2.00 bits per heavy atom. The lowest BCUT2D eigenvalue weighted by molar-refractivity contribution is 0.815. The number of aryl methyl sites for hydroxylation is 1. The molecule has 1 aromatic heterocycles. The first-order valence-electron chi connectivity index (χ1n) is 7.05. The third-order valence-corrected chi connectivity index (χ3v) is 3.43. The summed E-state index contributed by atoms with van der Waals surface area (Å²) in [7, 11) is 2.01. The van der Waals surface area contributed by atoms with Gasteiger partial charge in [0.2, 0.25) is 0 Å². The van der Waals surface area contributed by atoms with Crippen molar-refractivity contribution in [2.24, 2.45) is 12.0 Å². The Morgan fingerprint density at radius 3 is 2.64 bits per heavy atom. The summed E-state index contributed by atoms with van der Waals surface area (Å²) in [5, 5.41) is 7.31. The summed E-state index contributed by atoms with van der Waals surface area (Å²) >= 11 is 6.16. The van der Waals surface area contributed by atoms with Crippen LogP contribution in [0.25, 0.3) is 0 Å². The number of nitrogens with zero attached hydrogens (tertiary/aromatic N) is 2. The van der Waals surface area contributed by atoms with Crippen molar-refractivity contribution in [3.8, 4) is 0 Å². The molecule has 2 N–H and O–H groups in total. The number of aromatic nitrogens is 1. The van der Waals surface area contributed by atoms with Crippen LogP contribution in [-0.2, 0) is 20.1 Å². The fourth-order valence-corrected chi connectivity index (χ4v) is 2.19. The molecule has 2 aromatic rings. The largest absolute Gasteiger partial charge is 0.357 e. The highest BCUT2D eigenvalue weighted by molar-refractivity contribution is 14.0. The van der Waals surface area contributed by atoms with Crippen LogP contribution in [-0.4, -0.2) is 17.1 Å². The first kappa shape index (κ1) is 18.8. The van der Waals surface area contributed by atoms with Crippen molar-refractivity contribution < 1.29 is 0 Å². The minimum atomic E-state index is 0. The molecule has 120 valence electrons. The second-order valence-corrected chi connectivity index (χ2v) is 5.23. The summed E-state index contributed by atoms with van der Waals surface area (Å²) in [5.41, 5.74) is 2.25. The van der Waals surface area contributed by atoms with Crippen molar-refractivity contribution in [3.63, 3.8) is 0 Å². The molecule has 0 aliphatic heterocycles. The maximum absolute atomic E-state index is 6.16. The molecule has 0 radical (unpaired) electrons. The predicted molar refractivity (Wildman–Crippen MR) is 104 cm³/mol. The molecule has 4 nitrogen and oxygen atoms in total. The maximum atomic E-state index is 6.16. The van der Waals surface area contributed by atoms with Crippen LogP contribution >= 0.6 is 35.6 Å². The molecule has 0 aliphatic carbocycles. The minimum Gasteiger partial charge on any atom is -0.357 e. The minimum absolute atomic E-state index is 0. The van der Waals surface area contributed by atoms with Gasteiger partial charge in [-0.1, -0.05) is 29.8 Å². The molecule has 0 aliphatic rings. The molecule has 0 atom stereocenters. The number of hydrogen-bond donors (Lipinski definition) is 2. The van der Waals surface area contributed by atoms with Gasteiger partial charge < -0.3 is 15.2 Å². The second-order valence-electron chi connectivity index (χ2n) is 4.83. The van der Waals surface area contributed by atoms with Gasteiger partial charge in [-0.2, -0.15) is 0 Å². The Balaban J connectivity index is 0.00000242. The average Bonchev–Trinajstić information content (AvgIpc) is 2.89. The topological polar surface area (TPSA) is 41.4 Å². The molecule has 6 heteroatoms. The maximum Gasteiger partial charge on any atom is 0.191 e. The van der Waals surface area contributed by atoms with Gasteiger partial charge in [0.05, 0.1) is 6.54 Å². The van der Waals surface area contributed by atoms with Crippen LogP contribution in [0.5, 0.6) is 0 Å². The monoisotopic (exact) mass is 432 g/mol. The second kappa shape index (κ2) is 9.74. The highest BCUT2D eigenvalue weighted by Gasteiger charge is 2.02. The molecule has 0 saturated heterocycles. The van der Waals surface area contributed by atoms with Gasteiger partial charge in [-0.15, -0.1) is 24.0 Å². The van der Waals surface area contributed by atoms with E-state index in [1.54, 1.807) is 0 Å². The van der Waals surface area contributed by atoms with Crippen molar-refractivity contribution in [2.45, 2.75) is 20.0 Å². The summed E-state index contributed by atoms with van der Waals surface area (Å²) < 4.78 is 2.02. The molecule has 0 bridgehead atoms. The molecule has 0 unspecified atom stereocenters. The summed E-state index contributed by atoms with van der Waals surface area (Å²) in [4.78, 5) is 4.58. The Bertz CT molecular complexity index is 610. The highest BCUT2D eigenvalue weighted by Crippen LogP contribution is 2.14. The van der Waals surface area contributed by atoms with Gasteiger partial charge in [-0.05, 0) is 30.2 Å². The molecular weight excluding hydrogens is 411 g/mol. The van der Waals surface area contributed by atoms with E-state index in [2.05, 4.69) is 34.8 Å². The zero-order valence-corrected chi connectivity index (χ0v) is 15.9. The number of guanidine groups is 1. The third kappa shape index (κ3) is 5.88. The van der Waals surface area contributed by atoms with Crippen LogP contribution in [0, 0.1) is 0 Å². The fraction of sp³-hybridized carbons (Fsp3) is 0.312. The normalized spacial score (nSPS) is 11.0. The van der Waals surface area contributed by atoms with Gasteiger partial charge in [0.15, 0.2) is 5.96 Å². The number of benzene rings is 1. The number of halogens is 2. The SMILES string of the molecule is CCNC(=NCc1ccn(C)c1)NCc1ccccc1Cl.I. The zero-order chi connectivity index (χ0) is 15.1. The molecule has 0 amide bonds. The van der Waals surface area contributed by atoms with Gasteiger partial charge in [0, 0.05) is 37.6 Å². The molecule has 0 spiro atoms. The van der Waals surface area contributed by atoms with Crippen LogP contribution in [0.2, 0.25) is 5.02 Å². The Hall–Kier alpha value is -1.21. The van der Waals surface area contributed by atoms with Crippen molar-refractivity contribution in [1.29, 1.82) is 0 Å². The van der Waals surface area contributed by atoms with E-state index in [9.17, 15) is 0 Å². The van der Waals surface area contributed by atoms with Gasteiger partial charge in [-0.3, -0.25) is 0 Å². The van der Waals surface area contributed by atoms with Crippen molar-refractivity contribution in [1.82, 2.24) is 15.2 Å². The lowest BCUT2D eigenvalue weighted by Crippen LogP contribution is -2.36. The van der Waals surface area contributed by atoms with E-state index in [1.165, 1.54) is 5.56 Å². The lowest BCUT2D eigenvalue weighted by atomic mass is 10.2. The van der Waals surface area contributed by atoms with E-state index < -0.39 is 0 Å². The predicted octanol–water partition coefficient (Wildman–Crippen LogP) is 3.55. The standard InChI is InChI=1S/C16H21ClN4.HI/c1-3-18-16(19-10-13-8-9-21(2)12-13)20-11-14-6-4-5-7-15(14)17;/h4-9,12H,3,10-11H2,1-2H3,(H2,18,19,20);1H. The molecular formula is C16H22ClIN4. The number of hydrogen-bond acceptors (Lipinski definition) is 1. The Morgan fingerprint density at radius 1 is 1.23 bits per heavy atom. The zero-order valence-electron chi connectivity index (χ0n) is 12.8. The molecule has 1 heterocycles. The van der Waals surface area contributed by atoms with E-state index in [1.807, 2.05) is 42.1 Å². The van der Waals surface area contributed by atoms with Crippen LogP contribution in [0.1, 0.15) is 18.1 Å². The van der Waals surface area contributed by atoms with Crippen LogP contribution in [0.3, 0.4) is 0 Å². The number of nitrogens with one attached hydrogen (secondary N) is 2. The summed E-state index contributed by atoms with van der Waals surface area (Å²) in [5.74, 6) is 0.793. The molecule has 0 fully saturated rings. The van der Waals surface area contributed by atoms with Gasteiger partial charge >= 0.3 is 0 Å². The van der Waals surface area contributed by atoms with E-state index in [0.29, 0.717) is 13.1 Å². The van der Waals surface area contributed by atoms with E-state index >= 15 is 0 Å². The smallest absolute Gasteiger partial charge is 0.191 e.